The second-order valence-corrected chi connectivity index (χ2v) is 7.26. The van der Waals surface area contributed by atoms with Gasteiger partial charge < -0.3 is 5.32 Å². The highest BCUT2D eigenvalue weighted by atomic mass is 32.1. The van der Waals surface area contributed by atoms with Crippen molar-refractivity contribution in [3.05, 3.63) is 32.6 Å². The lowest BCUT2D eigenvalue weighted by atomic mass is 10.1. The van der Waals surface area contributed by atoms with Crippen molar-refractivity contribution in [3.63, 3.8) is 0 Å². The van der Waals surface area contributed by atoms with Gasteiger partial charge in [0, 0.05) is 5.38 Å². The van der Waals surface area contributed by atoms with E-state index in [-0.39, 0.29) is 11.1 Å². The van der Waals surface area contributed by atoms with Crippen LogP contribution in [0.1, 0.15) is 38.4 Å². The van der Waals surface area contributed by atoms with Gasteiger partial charge >= 0.3 is 0 Å². The third-order valence-corrected chi connectivity index (χ3v) is 4.45. The Labute approximate surface area is 137 Å². The monoisotopic (exact) mass is 332 g/mol. The molecule has 122 valence electrons. The fourth-order valence-corrected chi connectivity index (χ4v) is 3.00. The third kappa shape index (κ3) is 3.12. The first-order valence-electron chi connectivity index (χ1n) is 7.54. The summed E-state index contributed by atoms with van der Waals surface area (Å²) in [5.74, 6) is 0.430. The second kappa shape index (κ2) is 5.77. The van der Waals surface area contributed by atoms with E-state index in [9.17, 15) is 4.79 Å². The summed E-state index contributed by atoms with van der Waals surface area (Å²) in [6.45, 7) is 8.68. The Balaban J connectivity index is 1.90. The summed E-state index contributed by atoms with van der Waals surface area (Å²) in [7, 11) is 0. The number of nitrogens with zero attached hydrogens (tertiary/aromatic N) is 4. The van der Waals surface area contributed by atoms with Gasteiger partial charge in [0.25, 0.3) is 5.56 Å². The molecule has 2 N–H and O–H groups in total. The number of anilines is 1. The zero-order valence-corrected chi connectivity index (χ0v) is 14.5. The molecule has 8 heteroatoms. The maximum absolute atomic E-state index is 12.2. The van der Waals surface area contributed by atoms with Crippen molar-refractivity contribution in [1.82, 2.24) is 24.7 Å². The smallest absolute Gasteiger partial charge is 0.263 e. The number of H-pyrrole nitrogens is 1. The van der Waals surface area contributed by atoms with Gasteiger partial charge in [0.05, 0.1) is 29.0 Å². The highest BCUT2D eigenvalue weighted by Crippen LogP contribution is 2.19. The largest absolute Gasteiger partial charge is 0.350 e. The van der Waals surface area contributed by atoms with E-state index in [0.717, 1.165) is 17.1 Å². The van der Waals surface area contributed by atoms with Crippen LogP contribution in [0, 0.1) is 0 Å². The number of fused-ring (bicyclic) bond motifs is 1. The quantitative estimate of drug-likeness (QED) is 0.766. The van der Waals surface area contributed by atoms with Crippen molar-refractivity contribution in [2.75, 3.05) is 5.32 Å². The van der Waals surface area contributed by atoms with Gasteiger partial charge in [-0.3, -0.25) is 9.78 Å². The van der Waals surface area contributed by atoms with Gasteiger partial charge in [-0.25, -0.2) is 9.67 Å². The summed E-state index contributed by atoms with van der Waals surface area (Å²) in [5, 5.41) is 11.0. The first-order valence-corrected chi connectivity index (χ1v) is 8.42. The molecule has 0 aliphatic heterocycles. The topological polar surface area (TPSA) is 88.5 Å². The van der Waals surface area contributed by atoms with Crippen LogP contribution >= 0.6 is 11.3 Å². The Morgan fingerprint density at radius 3 is 2.78 bits per heavy atom. The van der Waals surface area contributed by atoms with Gasteiger partial charge in [-0.05, 0) is 27.2 Å². The van der Waals surface area contributed by atoms with Gasteiger partial charge in [0.2, 0.25) is 5.95 Å². The van der Waals surface area contributed by atoms with Gasteiger partial charge in [-0.2, -0.15) is 10.1 Å². The van der Waals surface area contributed by atoms with Crippen LogP contribution in [0.2, 0.25) is 0 Å². The average molecular weight is 332 g/mol. The fraction of sp³-hybridized carbons (Fsp3) is 0.467. The first kappa shape index (κ1) is 15.7. The van der Waals surface area contributed by atoms with Crippen LogP contribution in [0.5, 0.6) is 0 Å². The molecule has 0 unspecified atom stereocenters. The summed E-state index contributed by atoms with van der Waals surface area (Å²) < 4.78 is 1.76. The van der Waals surface area contributed by atoms with E-state index >= 15 is 0 Å². The molecule has 0 aromatic carbocycles. The number of aromatic amines is 1. The molecule has 3 heterocycles. The molecule has 0 fully saturated rings. The lowest BCUT2D eigenvalue weighted by molar-refractivity contribution is 0.366. The highest BCUT2D eigenvalue weighted by molar-refractivity contribution is 7.09. The summed E-state index contributed by atoms with van der Waals surface area (Å²) in [4.78, 5) is 24.0. The third-order valence-electron chi connectivity index (χ3n) is 3.41. The van der Waals surface area contributed by atoms with Crippen LogP contribution in [0.15, 0.2) is 16.4 Å². The van der Waals surface area contributed by atoms with E-state index in [2.05, 4.69) is 32.3 Å². The zero-order valence-electron chi connectivity index (χ0n) is 13.7. The number of hydrogen-bond donors (Lipinski definition) is 2. The second-order valence-electron chi connectivity index (χ2n) is 6.32. The van der Waals surface area contributed by atoms with Crippen LogP contribution in [0.3, 0.4) is 0 Å². The Morgan fingerprint density at radius 1 is 1.35 bits per heavy atom. The lowest BCUT2D eigenvalue weighted by Crippen LogP contribution is -2.24. The summed E-state index contributed by atoms with van der Waals surface area (Å²) >= 11 is 1.64. The molecule has 0 radical (unpaired) electrons. The molecule has 3 aromatic heterocycles. The minimum Gasteiger partial charge on any atom is -0.350 e. The summed E-state index contributed by atoms with van der Waals surface area (Å²) in [6.07, 6.45) is 2.49. The molecule has 0 aliphatic carbocycles. The number of hydrogen-bond acceptors (Lipinski definition) is 6. The highest BCUT2D eigenvalue weighted by Gasteiger charge is 2.19. The maximum Gasteiger partial charge on any atom is 0.263 e. The zero-order chi connectivity index (χ0) is 16.6. The van der Waals surface area contributed by atoms with Gasteiger partial charge in [0.1, 0.15) is 5.39 Å². The van der Waals surface area contributed by atoms with E-state index in [0.29, 0.717) is 23.5 Å². The predicted molar refractivity (Wildman–Crippen MR) is 92.0 cm³/mol. The molecule has 0 bridgehead atoms. The number of aryl methyl sites for hydroxylation is 1. The SMILES string of the molecule is CCc1nc(CNc2nc3c(cnn3C(C)(C)C)c(=O)[nH]2)cs1. The van der Waals surface area contributed by atoms with E-state index in [1.54, 1.807) is 22.2 Å². The number of rotatable bonds is 4. The van der Waals surface area contributed by atoms with Crippen LogP contribution in [0.4, 0.5) is 5.95 Å². The standard InChI is InChI=1S/C15H20N6OS/c1-5-11-18-9(8-23-11)6-16-14-19-12-10(13(22)20-14)7-17-21(12)15(2,3)4/h7-8H,5-6H2,1-4H3,(H2,16,19,20,22). The molecule has 0 aliphatic rings. The van der Waals surface area contributed by atoms with Crippen molar-refractivity contribution in [2.24, 2.45) is 0 Å². The van der Waals surface area contributed by atoms with E-state index in [4.69, 9.17) is 0 Å². The minimum absolute atomic E-state index is 0.194. The normalized spacial score (nSPS) is 12.0. The fourth-order valence-electron chi connectivity index (χ4n) is 2.26. The lowest BCUT2D eigenvalue weighted by Gasteiger charge is -2.19. The van der Waals surface area contributed by atoms with Gasteiger partial charge in [-0.1, -0.05) is 6.92 Å². The molecule has 0 amide bonds. The molecular formula is C15H20N6OS. The molecule has 3 aromatic rings. The number of aromatic nitrogens is 5. The average Bonchev–Trinajstić information content (AvgIpc) is 3.11. The minimum atomic E-state index is -0.245. The summed E-state index contributed by atoms with van der Waals surface area (Å²) in [6, 6.07) is 0. The number of nitrogens with one attached hydrogen (secondary N) is 2. The van der Waals surface area contributed by atoms with Crippen LogP contribution in [-0.4, -0.2) is 24.7 Å². The maximum atomic E-state index is 12.2. The van der Waals surface area contributed by atoms with Crippen LogP contribution in [-0.2, 0) is 18.5 Å². The first-order chi connectivity index (χ1) is 10.9. The molecule has 0 spiro atoms. The van der Waals surface area contributed by atoms with E-state index < -0.39 is 0 Å². The van der Waals surface area contributed by atoms with E-state index in [1.807, 2.05) is 26.2 Å². The Bertz CT molecular complexity index is 885. The Kier molecular flexibility index (Phi) is 3.93. The molecule has 0 atom stereocenters. The molecule has 0 saturated heterocycles. The molecular weight excluding hydrogens is 312 g/mol. The molecule has 0 saturated carbocycles. The van der Waals surface area contributed by atoms with Crippen molar-refractivity contribution in [2.45, 2.75) is 46.2 Å². The van der Waals surface area contributed by atoms with Crippen LogP contribution in [0.25, 0.3) is 11.0 Å². The van der Waals surface area contributed by atoms with Crippen molar-refractivity contribution >= 4 is 28.3 Å². The molecule has 23 heavy (non-hydrogen) atoms. The van der Waals surface area contributed by atoms with Crippen molar-refractivity contribution in [1.29, 1.82) is 0 Å². The molecule has 7 nitrogen and oxygen atoms in total. The van der Waals surface area contributed by atoms with Crippen molar-refractivity contribution < 1.29 is 0 Å². The molecule has 3 rings (SSSR count). The van der Waals surface area contributed by atoms with Crippen LogP contribution < -0.4 is 10.9 Å². The van der Waals surface area contributed by atoms with Gasteiger partial charge in [0.15, 0.2) is 5.65 Å². The Morgan fingerprint density at radius 2 is 2.13 bits per heavy atom. The predicted octanol–water partition coefficient (Wildman–Crippen LogP) is 2.51. The van der Waals surface area contributed by atoms with E-state index in [1.165, 1.54) is 0 Å². The summed E-state index contributed by atoms with van der Waals surface area (Å²) in [5.41, 5.74) is 1.08. The van der Waals surface area contributed by atoms with Gasteiger partial charge in [-0.15, -0.1) is 11.3 Å². The van der Waals surface area contributed by atoms with Crippen molar-refractivity contribution in [3.8, 4) is 0 Å². The Hall–Kier alpha value is -2.22. The number of thiazole rings is 1.